The second-order valence-corrected chi connectivity index (χ2v) is 5.22. The van der Waals surface area contributed by atoms with Gasteiger partial charge in [-0.25, -0.2) is 18.4 Å². The molecular formula is C11H12N4O2S. The monoisotopic (exact) mass is 264 g/mol. The van der Waals surface area contributed by atoms with E-state index < -0.39 is 10.0 Å². The number of hydrazine groups is 1. The van der Waals surface area contributed by atoms with Crippen LogP contribution >= 0.6 is 0 Å². The Morgan fingerprint density at radius 2 is 1.83 bits per heavy atom. The number of aryl methyl sites for hydroxylation is 1. The fourth-order valence-electron chi connectivity index (χ4n) is 1.30. The zero-order chi connectivity index (χ0) is 13.0. The minimum Gasteiger partial charge on any atom is -0.292 e. The molecule has 0 fully saturated rings. The van der Waals surface area contributed by atoms with Gasteiger partial charge in [-0.15, -0.1) is 4.83 Å². The lowest BCUT2D eigenvalue weighted by atomic mass is 10.4. The van der Waals surface area contributed by atoms with Gasteiger partial charge < -0.3 is 0 Å². The predicted octanol–water partition coefficient (Wildman–Crippen LogP) is 1.09. The first kappa shape index (κ1) is 12.5. The van der Waals surface area contributed by atoms with Gasteiger partial charge >= 0.3 is 0 Å². The lowest BCUT2D eigenvalue weighted by molar-refractivity contribution is 0.587. The molecule has 2 aromatic rings. The molecule has 0 saturated heterocycles. The Morgan fingerprint density at radius 3 is 2.50 bits per heavy atom. The average Bonchev–Trinajstić information content (AvgIpc) is 2.38. The van der Waals surface area contributed by atoms with Gasteiger partial charge in [0.05, 0.1) is 4.90 Å². The quantitative estimate of drug-likeness (QED) is 0.808. The van der Waals surface area contributed by atoms with Crippen molar-refractivity contribution in [3.63, 3.8) is 0 Å². The van der Waals surface area contributed by atoms with E-state index in [1.807, 2.05) is 0 Å². The van der Waals surface area contributed by atoms with Gasteiger partial charge in [0.25, 0.3) is 10.0 Å². The molecule has 0 aliphatic heterocycles. The SMILES string of the molecule is Cc1nccc(NNS(=O)(=O)c2ccccc2)n1. The highest BCUT2D eigenvalue weighted by molar-refractivity contribution is 7.89. The van der Waals surface area contributed by atoms with Crippen LogP contribution in [0.25, 0.3) is 0 Å². The summed E-state index contributed by atoms with van der Waals surface area (Å²) in [7, 11) is -3.59. The fraction of sp³-hybridized carbons (Fsp3) is 0.0909. The number of aromatic nitrogens is 2. The van der Waals surface area contributed by atoms with Gasteiger partial charge in [0, 0.05) is 12.3 Å². The molecule has 0 aliphatic carbocycles. The van der Waals surface area contributed by atoms with Crippen LogP contribution in [0.1, 0.15) is 5.82 Å². The van der Waals surface area contributed by atoms with E-state index in [1.54, 1.807) is 37.4 Å². The molecule has 0 unspecified atom stereocenters. The molecule has 0 bridgehead atoms. The molecule has 0 radical (unpaired) electrons. The summed E-state index contributed by atoms with van der Waals surface area (Å²) in [4.78, 5) is 10.4. The van der Waals surface area contributed by atoms with Crippen LogP contribution in [-0.2, 0) is 10.0 Å². The van der Waals surface area contributed by atoms with E-state index in [4.69, 9.17) is 0 Å². The van der Waals surface area contributed by atoms with Crippen molar-refractivity contribution >= 4 is 15.8 Å². The first-order valence-corrected chi connectivity index (χ1v) is 6.69. The van der Waals surface area contributed by atoms with Gasteiger partial charge in [-0.3, -0.25) is 5.43 Å². The number of anilines is 1. The highest BCUT2D eigenvalue weighted by atomic mass is 32.2. The fourth-order valence-corrected chi connectivity index (χ4v) is 2.18. The summed E-state index contributed by atoms with van der Waals surface area (Å²) in [5.41, 5.74) is 2.54. The third-order valence-corrected chi connectivity index (χ3v) is 3.41. The molecule has 18 heavy (non-hydrogen) atoms. The average molecular weight is 264 g/mol. The summed E-state index contributed by atoms with van der Waals surface area (Å²) < 4.78 is 23.7. The van der Waals surface area contributed by atoms with Crippen LogP contribution in [0.3, 0.4) is 0 Å². The maximum atomic E-state index is 11.9. The number of hydrogen-bond acceptors (Lipinski definition) is 5. The molecule has 2 N–H and O–H groups in total. The minimum absolute atomic E-state index is 0.184. The second kappa shape index (κ2) is 5.11. The minimum atomic E-state index is -3.59. The van der Waals surface area contributed by atoms with Gasteiger partial charge in [-0.1, -0.05) is 18.2 Å². The lowest BCUT2D eigenvalue weighted by Crippen LogP contribution is -2.30. The molecule has 1 heterocycles. The third-order valence-electron chi connectivity index (χ3n) is 2.14. The molecule has 6 nitrogen and oxygen atoms in total. The summed E-state index contributed by atoms with van der Waals surface area (Å²) in [5.74, 6) is 0.945. The summed E-state index contributed by atoms with van der Waals surface area (Å²) in [6, 6.07) is 9.65. The van der Waals surface area contributed by atoms with Crippen LogP contribution in [0.2, 0.25) is 0 Å². The van der Waals surface area contributed by atoms with Crippen LogP contribution in [0.15, 0.2) is 47.5 Å². The highest BCUT2D eigenvalue weighted by Gasteiger charge is 2.12. The Bertz CT molecular complexity index is 629. The Hall–Kier alpha value is -1.99. The molecule has 1 aromatic carbocycles. The number of hydrogen-bond donors (Lipinski definition) is 2. The van der Waals surface area contributed by atoms with Gasteiger partial charge in [0.2, 0.25) is 0 Å². The molecule has 0 amide bonds. The van der Waals surface area contributed by atoms with Crippen LogP contribution < -0.4 is 10.3 Å². The molecular weight excluding hydrogens is 252 g/mol. The summed E-state index contributed by atoms with van der Waals surface area (Å²) in [6.07, 6.45) is 1.54. The first-order valence-electron chi connectivity index (χ1n) is 5.20. The zero-order valence-electron chi connectivity index (χ0n) is 9.66. The van der Waals surface area contributed by atoms with E-state index in [2.05, 4.69) is 20.2 Å². The van der Waals surface area contributed by atoms with Crippen LogP contribution in [0.4, 0.5) is 5.82 Å². The maximum Gasteiger partial charge on any atom is 0.257 e. The summed E-state index contributed by atoms with van der Waals surface area (Å²) in [6.45, 7) is 1.72. The van der Waals surface area contributed by atoms with Crippen molar-refractivity contribution in [1.29, 1.82) is 0 Å². The Balaban J connectivity index is 2.11. The van der Waals surface area contributed by atoms with Crippen molar-refractivity contribution in [1.82, 2.24) is 14.8 Å². The van der Waals surface area contributed by atoms with Gasteiger partial charge in [-0.05, 0) is 19.1 Å². The standard InChI is InChI=1S/C11H12N4O2S/c1-9-12-8-7-11(13-9)14-15-18(16,17)10-5-3-2-4-6-10/h2-8,15H,1H3,(H,12,13,14). The molecule has 94 valence electrons. The van der Waals surface area contributed by atoms with Gasteiger partial charge in [0.15, 0.2) is 0 Å². The van der Waals surface area contributed by atoms with Crippen molar-refractivity contribution in [3.8, 4) is 0 Å². The molecule has 1 aromatic heterocycles. The molecule has 2 rings (SSSR count). The zero-order valence-corrected chi connectivity index (χ0v) is 10.5. The molecule has 0 spiro atoms. The molecule has 0 aliphatic rings. The van der Waals surface area contributed by atoms with E-state index in [1.165, 1.54) is 12.1 Å². The van der Waals surface area contributed by atoms with Gasteiger partial charge in [-0.2, -0.15) is 0 Å². The number of nitrogens with zero attached hydrogens (tertiary/aromatic N) is 2. The smallest absolute Gasteiger partial charge is 0.257 e. The lowest BCUT2D eigenvalue weighted by Gasteiger charge is -2.08. The Morgan fingerprint density at radius 1 is 1.11 bits per heavy atom. The first-order chi connectivity index (χ1) is 8.58. The van der Waals surface area contributed by atoms with Gasteiger partial charge in [0.1, 0.15) is 11.6 Å². The highest BCUT2D eigenvalue weighted by Crippen LogP contribution is 2.07. The van der Waals surface area contributed by atoms with Crippen molar-refractivity contribution in [2.75, 3.05) is 5.43 Å². The van der Waals surface area contributed by atoms with Crippen LogP contribution in [0, 0.1) is 6.92 Å². The van der Waals surface area contributed by atoms with Crippen molar-refractivity contribution < 1.29 is 8.42 Å². The van der Waals surface area contributed by atoms with Crippen LogP contribution in [-0.4, -0.2) is 18.4 Å². The topological polar surface area (TPSA) is 84.0 Å². The van der Waals surface area contributed by atoms with E-state index >= 15 is 0 Å². The van der Waals surface area contributed by atoms with E-state index in [0.717, 1.165) is 0 Å². The maximum absolute atomic E-state index is 11.9. The molecule has 0 atom stereocenters. The van der Waals surface area contributed by atoms with Crippen LogP contribution in [0.5, 0.6) is 0 Å². The molecule has 7 heteroatoms. The number of sulfonamides is 1. The summed E-state index contributed by atoms with van der Waals surface area (Å²) >= 11 is 0. The molecule has 0 saturated carbocycles. The van der Waals surface area contributed by atoms with Crippen molar-refractivity contribution in [3.05, 3.63) is 48.4 Å². The van der Waals surface area contributed by atoms with E-state index in [-0.39, 0.29) is 4.90 Å². The number of nitrogens with one attached hydrogen (secondary N) is 2. The predicted molar refractivity (Wildman–Crippen MR) is 67.2 cm³/mol. The van der Waals surface area contributed by atoms with E-state index in [9.17, 15) is 8.42 Å². The Labute approximate surface area is 105 Å². The second-order valence-electron chi connectivity index (χ2n) is 3.53. The normalized spacial score (nSPS) is 11.2. The van der Waals surface area contributed by atoms with E-state index in [0.29, 0.717) is 11.6 Å². The van der Waals surface area contributed by atoms with Crippen molar-refractivity contribution in [2.24, 2.45) is 0 Å². The number of rotatable bonds is 4. The van der Waals surface area contributed by atoms with Crippen molar-refractivity contribution in [2.45, 2.75) is 11.8 Å². The third kappa shape index (κ3) is 3.02. The largest absolute Gasteiger partial charge is 0.292 e. The number of benzene rings is 1. The Kier molecular flexibility index (Phi) is 3.54. The summed E-state index contributed by atoms with van der Waals surface area (Å²) in [5, 5.41) is 0.